The lowest BCUT2D eigenvalue weighted by molar-refractivity contribution is 0.0139. The van der Waals surface area contributed by atoms with E-state index in [1.165, 1.54) is 11.3 Å². The molecule has 2 saturated heterocycles. The molecule has 1 aromatic carbocycles. The van der Waals surface area contributed by atoms with Gasteiger partial charge in [-0.15, -0.1) is 0 Å². The van der Waals surface area contributed by atoms with E-state index in [9.17, 15) is 4.79 Å². The maximum atomic E-state index is 12.2. The quantitative estimate of drug-likeness (QED) is 0.786. The smallest absolute Gasteiger partial charge is 0.410 e. The normalized spacial score (nSPS) is 19.3. The minimum Gasteiger partial charge on any atom is -0.444 e. The Hall–Kier alpha value is -1.50. The van der Waals surface area contributed by atoms with Gasteiger partial charge in [-0.25, -0.2) is 4.79 Å². The predicted octanol–water partition coefficient (Wildman–Crippen LogP) is 3.23. The van der Waals surface area contributed by atoms with Crippen molar-refractivity contribution in [2.24, 2.45) is 0 Å². The molecule has 0 spiro atoms. The second-order valence-electron chi connectivity index (χ2n) is 8.12. The Labute approximate surface area is 167 Å². The number of amides is 1. The second kappa shape index (κ2) is 8.67. The van der Waals surface area contributed by atoms with E-state index in [1.54, 1.807) is 4.90 Å². The van der Waals surface area contributed by atoms with Crippen molar-refractivity contribution in [2.45, 2.75) is 32.9 Å². The first-order chi connectivity index (χ1) is 12.8. The van der Waals surface area contributed by atoms with Gasteiger partial charge < -0.3 is 19.3 Å². The Kier molecular flexibility index (Phi) is 6.50. The molecule has 2 heterocycles. The van der Waals surface area contributed by atoms with Crippen LogP contribution in [-0.2, 0) is 16.0 Å². The number of piperazine rings is 1. The molecular weight excluding hydrogens is 366 g/mol. The largest absolute Gasteiger partial charge is 0.444 e. The molecule has 150 valence electrons. The molecule has 1 amide bonds. The predicted molar refractivity (Wildman–Crippen MR) is 108 cm³/mol. The van der Waals surface area contributed by atoms with Gasteiger partial charge in [-0.3, -0.25) is 4.90 Å². The molecule has 2 aliphatic rings. The van der Waals surface area contributed by atoms with Crippen molar-refractivity contribution in [3.63, 3.8) is 0 Å². The summed E-state index contributed by atoms with van der Waals surface area (Å²) in [6.45, 7) is 12.9. The zero-order valence-electron chi connectivity index (χ0n) is 16.5. The summed E-state index contributed by atoms with van der Waals surface area (Å²) in [5, 5.41) is 0.759. The van der Waals surface area contributed by atoms with Crippen LogP contribution in [0.3, 0.4) is 0 Å². The third kappa shape index (κ3) is 5.74. The molecule has 0 radical (unpaired) electrons. The van der Waals surface area contributed by atoms with Crippen molar-refractivity contribution in [3.8, 4) is 0 Å². The molecule has 0 N–H and O–H groups in total. The van der Waals surface area contributed by atoms with Gasteiger partial charge in [0, 0.05) is 56.5 Å². The van der Waals surface area contributed by atoms with E-state index >= 15 is 0 Å². The SMILES string of the molecule is CC(C)(C)OC(=O)N1CCN(Cc2cc(Cl)ccc2N2CCOCC2)CC1. The lowest BCUT2D eigenvalue weighted by atomic mass is 10.1. The molecule has 0 unspecified atom stereocenters. The number of ether oxygens (including phenoxy) is 2. The lowest BCUT2D eigenvalue weighted by Gasteiger charge is -2.37. The Morgan fingerprint density at radius 1 is 1.11 bits per heavy atom. The van der Waals surface area contributed by atoms with Gasteiger partial charge in [-0.2, -0.15) is 0 Å². The average Bonchev–Trinajstić information content (AvgIpc) is 2.62. The van der Waals surface area contributed by atoms with Gasteiger partial charge in [0.15, 0.2) is 0 Å². The minimum atomic E-state index is -0.456. The minimum absolute atomic E-state index is 0.223. The van der Waals surface area contributed by atoms with E-state index in [-0.39, 0.29) is 6.09 Å². The van der Waals surface area contributed by atoms with Gasteiger partial charge in [0.25, 0.3) is 0 Å². The highest BCUT2D eigenvalue weighted by Crippen LogP contribution is 2.27. The van der Waals surface area contributed by atoms with Crippen molar-refractivity contribution in [1.82, 2.24) is 9.80 Å². The molecule has 3 rings (SSSR count). The van der Waals surface area contributed by atoms with E-state index in [4.69, 9.17) is 21.1 Å². The summed E-state index contributed by atoms with van der Waals surface area (Å²) in [7, 11) is 0. The van der Waals surface area contributed by atoms with Gasteiger partial charge in [0.2, 0.25) is 0 Å². The van der Waals surface area contributed by atoms with Gasteiger partial charge in [0.05, 0.1) is 13.2 Å². The zero-order valence-corrected chi connectivity index (χ0v) is 17.3. The lowest BCUT2D eigenvalue weighted by Crippen LogP contribution is -2.49. The molecule has 2 aliphatic heterocycles. The summed E-state index contributed by atoms with van der Waals surface area (Å²) in [4.78, 5) is 18.8. The summed E-state index contributed by atoms with van der Waals surface area (Å²) in [6, 6.07) is 6.13. The Bertz CT molecular complexity index is 648. The van der Waals surface area contributed by atoms with Crippen LogP contribution in [0.4, 0.5) is 10.5 Å². The molecule has 0 aliphatic carbocycles. The number of carbonyl (C=O) groups is 1. The van der Waals surface area contributed by atoms with Gasteiger partial charge >= 0.3 is 6.09 Å². The van der Waals surface area contributed by atoms with Gasteiger partial charge in [-0.1, -0.05) is 11.6 Å². The first kappa shape index (κ1) is 20.2. The van der Waals surface area contributed by atoms with Gasteiger partial charge in [0.1, 0.15) is 5.60 Å². The van der Waals surface area contributed by atoms with E-state index in [2.05, 4.69) is 21.9 Å². The molecule has 1 aromatic rings. The number of anilines is 1. The molecule has 0 aromatic heterocycles. The van der Waals surface area contributed by atoms with Crippen LogP contribution in [0, 0.1) is 0 Å². The van der Waals surface area contributed by atoms with Crippen molar-refractivity contribution >= 4 is 23.4 Å². The van der Waals surface area contributed by atoms with Crippen LogP contribution in [0.2, 0.25) is 5.02 Å². The third-order valence-corrected chi connectivity index (χ3v) is 5.05. The molecule has 2 fully saturated rings. The maximum absolute atomic E-state index is 12.2. The van der Waals surface area contributed by atoms with Crippen LogP contribution in [-0.4, -0.2) is 74.0 Å². The van der Waals surface area contributed by atoms with Crippen LogP contribution < -0.4 is 4.90 Å². The standard InChI is InChI=1S/C20H30ClN3O3/c1-20(2,3)27-19(25)24-8-6-22(7-9-24)15-16-14-17(21)4-5-18(16)23-10-12-26-13-11-23/h4-5,14H,6-13,15H2,1-3H3. The summed E-state index contributed by atoms with van der Waals surface area (Å²) >= 11 is 6.27. The number of carbonyl (C=O) groups excluding carboxylic acids is 1. The zero-order chi connectivity index (χ0) is 19.4. The van der Waals surface area contributed by atoms with E-state index < -0.39 is 5.60 Å². The second-order valence-corrected chi connectivity index (χ2v) is 8.55. The summed E-state index contributed by atoms with van der Waals surface area (Å²) in [6.07, 6.45) is -0.223. The third-order valence-electron chi connectivity index (χ3n) is 4.81. The highest BCUT2D eigenvalue weighted by Gasteiger charge is 2.26. The van der Waals surface area contributed by atoms with Crippen LogP contribution in [0.25, 0.3) is 0 Å². The highest BCUT2D eigenvalue weighted by molar-refractivity contribution is 6.30. The highest BCUT2D eigenvalue weighted by atomic mass is 35.5. The number of rotatable bonds is 3. The van der Waals surface area contributed by atoms with Crippen molar-refractivity contribution in [2.75, 3.05) is 57.4 Å². The average molecular weight is 396 g/mol. The molecule has 0 atom stereocenters. The Morgan fingerprint density at radius 3 is 2.41 bits per heavy atom. The van der Waals surface area contributed by atoms with Crippen LogP contribution >= 0.6 is 11.6 Å². The summed E-state index contributed by atoms with van der Waals surface area (Å²) < 4.78 is 11.0. The molecule has 6 nitrogen and oxygen atoms in total. The number of halogens is 1. The summed E-state index contributed by atoms with van der Waals surface area (Å²) in [5.74, 6) is 0. The van der Waals surface area contributed by atoms with Crippen molar-refractivity contribution < 1.29 is 14.3 Å². The molecule has 7 heteroatoms. The van der Waals surface area contributed by atoms with Gasteiger partial charge in [-0.05, 0) is 44.5 Å². The van der Waals surface area contributed by atoms with E-state index in [0.717, 1.165) is 51.0 Å². The molecular formula is C20H30ClN3O3. The number of benzene rings is 1. The Balaban J connectivity index is 1.60. The van der Waals surface area contributed by atoms with Crippen LogP contribution in [0.5, 0.6) is 0 Å². The topological polar surface area (TPSA) is 45.2 Å². The molecule has 0 bridgehead atoms. The summed E-state index contributed by atoms with van der Waals surface area (Å²) in [5.41, 5.74) is 2.01. The fraction of sp³-hybridized carbons (Fsp3) is 0.650. The van der Waals surface area contributed by atoms with E-state index in [1.807, 2.05) is 26.8 Å². The van der Waals surface area contributed by atoms with E-state index in [0.29, 0.717) is 13.1 Å². The molecule has 0 saturated carbocycles. The Morgan fingerprint density at radius 2 is 1.78 bits per heavy atom. The molecule has 27 heavy (non-hydrogen) atoms. The van der Waals surface area contributed by atoms with Crippen molar-refractivity contribution in [1.29, 1.82) is 0 Å². The first-order valence-electron chi connectivity index (χ1n) is 9.63. The number of hydrogen-bond acceptors (Lipinski definition) is 5. The maximum Gasteiger partial charge on any atom is 0.410 e. The van der Waals surface area contributed by atoms with Crippen LogP contribution in [0.1, 0.15) is 26.3 Å². The number of morpholine rings is 1. The fourth-order valence-corrected chi connectivity index (χ4v) is 3.64. The first-order valence-corrected chi connectivity index (χ1v) is 10.0. The van der Waals surface area contributed by atoms with Crippen molar-refractivity contribution in [3.05, 3.63) is 28.8 Å². The fourth-order valence-electron chi connectivity index (χ4n) is 3.45. The number of nitrogens with zero attached hydrogens (tertiary/aromatic N) is 3. The number of hydrogen-bond donors (Lipinski definition) is 0. The monoisotopic (exact) mass is 395 g/mol. The van der Waals surface area contributed by atoms with Crippen LogP contribution in [0.15, 0.2) is 18.2 Å².